The maximum Gasteiger partial charge on any atom is 0.220 e. The number of hydrogen-bond acceptors (Lipinski definition) is 4. The minimum atomic E-state index is 0.0919. The molecule has 0 radical (unpaired) electrons. The summed E-state index contributed by atoms with van der Waals surface area (Å²) in [7, 11) is 0. The molecular weight excluding hydrogens is 386 g/mol. The Morgan fingerprint density at radius 3 is 2.84 bits per heavy atom. The lowest BCUT2D eigenvalue weighted by Gasteiger charge is -2.28. The first-order chi connectivity index (χ1) is 14.9. The van der Waals surface area contributed by atoms with E-state index in [0.717, 1.165) is 34.2 Å². The highest BCUT2D eigenvalue weighted by molar-refractivity contribution is 5.76. The molecule has 1 saturated heterocycles. The van der Waals surface area contributed by atoms with Crippen molar-refractivity contribution in [3.05, 3.63) is 40.9 Å². The Kier molecular flexibility index (Phi) is 6.75. The number of nitrogens with one attached hydrogen (secondary N) is 1. The molecule has 168 valence electrons. The van der Waals surface area contributed by atoms with Crippen LogP contribution in [0.1, 0.15) is 81.1 Å². The number of rotatable bonds is 7. The number of amides is 1. The molecule has 1 aliphatic carbocycles. The SMILES string of the molecule is Cc1nc2cc([C@H]3CCCN3C[C@@H]3CC=CCC3)nn2c(C)c1CCC(=O)NC(C)C. The molecule has 0 bridgehead atoms. The highest BCUT2D eigenvalue weighted by Crippen LogP contribution is 2.34. The van der Waals surface area contributed by atoms with Crippen LogP contribution in [0.15, 0.2) is 18.2 Å². The standard InChI is InChI=1S/C25H37N5O/c1-17(2)26-25(31)13-12-21-18(3)27-24-15-22(28-30(24)19(21)4)23-11-8-14-29(23)16-20-9-6-5-7-10-20/h5-6,15,17,20,23H,7-14,16H2,1-4H3,(H,26,31)/t20-,23-/m1/s1. The van der Waals surface area contributed by atoms with Crippen LogP contribution in [0.2, 0.25) is 0 Å². The summed E-state index contributed by atoms with van der Waals surface area (Å²) in [5.41, 5.74) is 5.32. The quantitative estimate of drug-likeness (QED) is 0.675. The second-order valence-corrected chi connectivity index (χ2v) is 9.63. The third kappa shape index (κ3) is 5.00. The van der Waals surface area contributed by atoms with Gasteiger partial charge in [0.25, 0.3) is 0 Å². The monoisotopic (exact) mass is 423 g/mol. The Bertz CT molecular complexity index is 960. The Hall–Kier alpha value is -2.21. The molecule has 0 saturated carbocycles. The molecule has 6 heteroatoms. The van der Waals surface area contributed by atoms with Gasteiger partial charge in [0.05, 0.1) is 11.7 Å². The summed E-state index contributed by atoms with van der Waals surface area (Å²) in [4.78, 5) is 19.6. The van der Waals surface area contributed by atoms with Crippen molar-refractivity contribution in [1.29, 1.82) is 0 Å². The third-order valence-electron chi connectivity index (χ3n) is 6.81. The Morgan fingerprint density at radius 1 is 1.26 bits per heavy atom. The number of allylic oxidation sites excluding steroid dienone is 2. The molecule has 3 heterocycles. The molecule has 2 atom stereocenters. The van der Waals surface area contributed by atoms with Gasteiger partial charge in [-0.15, -0.1) is 0 Å². The summed E-state index contributed by atoms with van der Waals surface area (Å²) >= 11 is 0. The Balaban J connectivity index is 1.52. The topological polar surface area (TPSA) is 62.5 Å². The molecule has 1 N–H and O–H groups in total. The largest absolute Gasteiger partial charge is 0.354 e. The molecule has 6 nitrogen and oxygen atoms in total. The van der Waals surface area contributed by atoms with E-state index in [2.05, 4.69) is 35.4 Å². The predicted octanol–water partition coefficient (Wildman–Crippen LogP) is 4.30. The van der Waals surface area contributed by atoms with Gasteiger partial charge in [0.15, 0.2) is 5.65 Å². The lowest BCUT2D eigenvalue weighted by Crippen LogP contribution is -2.30. The van der Waals surface area contributed by atoms with Gasteiger partial charge >= 0.3 is 0 Å². The molecule has 1 amide bonds. The van der Waals surface area contributed by atoms with Crippen molar-refractivity contribution in [3.63, 3.8) is 0 Å². The van der Waals surface area contributed by atoms with Crippen LogP contribution < -0.4 is 5.32 Å². The molecule has 2 aliphatic rings. The van der Waals surface area contributed by atoms with E-state index >= 15 is 0 Å². The van der Waals surface area contributed by atoms with Crippen molar-refractivity contribution in [3.8, 4) is 0 Å². The van der Waals surface area contributed by atoms with Crippen molar-refractivity contribution in [1.82, 2.24) is 24.8 Å². The number of fused-ring (bicyclic) bond motifs is 1. The maximum absolute atomic E-state index is 12.1. The first-order valence-corrected chi connectivity index (χ1v) is 12.0. The van der Waals surface area contributed by atoms with Crippen LogP contribution in [0.4, 0.5) is 0 Å². The molecule has 4 rings (SSSR count). The number of carbonyl (C=O) groups is 1. The fraction of sp³-hybridized carbons (Fsp3) is 0.640. The average molecular weight is 424 g/mol. The number of carbonyl (C=O) groups excluding carboxylic acids is 1. The molecule has 1 fully saturated rings. The predicted molar refractivity (Wildman–Crippen MR) is 124 cm³/mol. The van der Waals surface area contributed by atoms with Gasteiger partial charge in [0, 0.05) is 36.5 Å². The fourth-order valence-corrected chi connectivity index (χ4v) is 5.24. The van der Waals surface area contributed by atoms with Gasteiger partial charge in [0.1, 0.15) is 0 Å². The molecule has 2 aromatic rings. The molecular formula is C25H37N5O. The van der Waals surface area contributed by atoms with E-state index in [0.29, 0.717) is 18.9 Å². The molecule has 0 spiro atoms. The van der Waals surface area contributed by atoms with E-state index in [1.807, 2.05) is 25.3 Å². The summed E-state index contributed by atoms with van der Waals surface area (Å²) in [6.07, 6.45) is 12.0. The minimum absolute atomic E-state index is 0.0919. The van der Waals surface area contributed by atoms with E-state index < -0.39 is 0 Å². The van der Waals surface area contributed by atoms with Gasteiger partial charge in [-0.05, 0) is 84.2 Å². The van der Waals surface area contributed by atoms with E-state index in [1.54, 1.807) is 0 Å². The number of aryl methyl sites for hydroxylation is 2. The van der Waals surface area contributed by atoms with Gasteiger partial charge in [0.2, 0.25) is 5.91 Å². The number of hydrogen-bond donors (Lipinski definition) is 1. The Labute approximate surface area is 186 Å². The van der Waals surface area contributed by atoms with E-state index in [9.17, 15) is 4.79 Å². The van der Waals surface area contributed by atoms with E-state index in [4.69, 9.17) is 10.1 Å². The summed E-state index contributed by atoms with van der Waals surface area (Å²) < 4.78 is 2.00. The maximum atomic E-state index is 12.1. The van der Waals surface area contributed by atoms with E-state index in [1.165, 1.54) is 45.2 Å². The van der Waals surface area contributed by atoms with Gasteiger partial charge in [-0.2, -0.15) is 5.10 Å². The molecule has 2 aromatic heterocycles. The lowest BCUT2D eigenvalue weighted by molar-refractivity contribution is -0.121. The smallest absolute Gasteiger partial charge is 0.220 e. The summed E-state index contributed by atoms with van der Waals surface area (Å²) in [6.45, 7) is 10.5. The van der Waals surface area contributed by atoms with Gasteiger partial charge in [-0.3, -0.25) is 9.69 Å². The van der Waals surface area contributed by atoms with Gasteiger partial charge in [-0.1, -0.05) is 12.2 Å². The van der Waals surface area contributed by atoms with Gasteiger partial charge < -0.3 is 5.32 Å². The van der Waals surface area contributed by atoms with Crippen molar-refractivity contribution in [2.24, 2.45) is 5.92 Å². The fourth-order valence-electron chi connectivity index (χ4n) is 5.24. The van der Waals surface area contributed by atoms with Crippen LogP contribution in [0.5, 0.6) is 0 Å². The number of likely N-dealkylation sites (tertiary alicyclic amines) is 1. The van der Waals surface area contributed by atoms with Crippen LogP contribution in [-0.2, 0) is 11.2 Å². The summed E-state index contributed by atoms with van der Waals surface area (Å²) in [6, 6.07) is 2.74. The molecule has 1 aliphatic heterocycles. The van der Waals surface area contributed by atoms with Crippen LogP contribution in [0.3, 0.4) is 0 Å². The molecule has 0 unspecified atom stereocenters. The normalized spacial score (nSPS) is 22.0. The average Bonchev–Trinajstić information content (AvgIpc) is 3.34. The zero-order chi connectivity index (χ0) is 22.0. The van der Waals surface area contributed by atoms with Crippen molar-refractivity contribution < 1.29 is 4.79 Å². The van der Waals surface area contributed by atoms with Crippen LogP contribution in [-0.4, -0.2) is 44.5 Å². The minimum Gasteiger partial charge on any atom is -0.354 e. The zero-order valence-electron chi connectivity index (χ0n) is 19.5. The van der Waals surface area contributed by atoms with Crippen LogP contribution in [0, 0.1) is 19.8 Å². The lowest BCUT2D eigenvalue weighted by atomic mass is 9.93. The van der Waals surface area contributed by atoms with Gasteiger partial charge in [-0.25, -0.2) is 9.50 Å². The summed E-state index contributed by atoms with van der Waals surface area (Å²) in [5.74, 6) is 0.863. The highest BCUT2D eigenvalue weighted by atomic mass is 16.1. The second kappa shape index (κ2) is 9.51. The number of aromatic nitrogens is 3. The zero-order valence-corrected chi connectivity index (χ0v) is 19.5. The van der Waals surface area contributed by atoms with Crippen LogP contribution in [0.25, 0.3) is 5.65 Å². The van der Waals surface area contributed by atoms with Crippen molar-refractivity contribution >= 4 is 11.6 Å². The Morgan fingerprint density at radius 2 is 2.10 bits per heavy atom. The van der Waals surface area contributed by atoms with Crippen LogP contribution >= 0.6 is 0 Å². The highest BCUT2D eigenvalue weighted by Gasteiger charge is 2.30. The molecule has 31 heavy (non-hydrogen) atoms. The summed E-state index contributed by atoms with van der Waals surface area (Å²) in [5, 5.41) is 7.99. The third-order valence-corrected chi connectivity index (χ3v) is 6.81. The van der Waals surface area contributed by atoms with E-state index in [-0.39, 0.29) is 11.9 Å². The first kappa shape index (κ1) is 22.0. The number of nitrogens with zero attached hydrogens (tertiary/aromatic N) is 4. The van der Waals surface area contributed by atoms with Crippen molar-refractivity contribution in [2.75, 3.05) is 13.1 Å². The first-order valence-electron chi connectivity index (χ1n) is 12.0. The van der Waals surface area contributed by atoms with Crippen molar-refractivity contribution in [2.45, 2.75) is 84.7 Å². The second-order valence-electron chi connectivity index (χ2n) is 9.63. The molecule has 0 aromatic carbocycles.